The van der Waals surface area contributed by atoms with E-state index in [4.69, 9.17) is 9.47 Å². The molecule has 0 unspecified atom stereocenters. The minimum Gasteiger partial charge on any atom is -0.425 e. The van der Waals surface area contributed by atoms with Crippen LogP contribution in [0.4, 0.5) is 5.69 Å². The second kappa shape index (κ2) is 8.78. The molecule has 0 bridgehead atoms. The summed E-state index contributed by atoms with van der Waals surface area (Å²) in [5, 5.41) is 0. The summed E-state index contributed by atoms with van der Waals surface area (Å²) in [7, 11) is -1.94. The van der Waals surface area contributed by atoms with Gasteiger partial charge in [0, 0.05) is 31.4 Å². The zero-order valence-corrected chi connectivity index (χ0v) is 18.3. The summed E-state index contributed by atoms with van der Waals surface area (Å²) in [6.07, 6.45) is 0.660. The Labute approximate surface area is 182 Å². The van der Waals surface area contributed by atoms with Crippen LogP contribution >= 0.6 is 0 Å². The first kappa shape index (κ1) is 21.5. The van der Waals surface area contributed by atoms with Crippen molar-refractivity contribution in [3.8, 4) is 5.75 Å². The summed E-state index contributed by atoms with van der Waals surface area (Å²) in [5.41, 5.74) is 1.29. The molecule has 8 nitrogen and oxygen atoms in total. The Hall–Kier alpha value is -2.75. The Bertz CT molecular complexity index is 1090. The lowest BCUT2D eigenvalue weighted by Crippen LogP contribution is -2.48. The van der Waals surface area contributed by atoms with Gasteiger partial charge in [-0.2, -0.15) is 8.42 Å². The number of sulfonamides is 1. The molecule has 2 aliphatic rings. The van der Waals surface area contributed by atoms with Gasteiger partial charge in [-0.1, -0.05) is 19.1 Å². The number of ether oxygens (including phenoxy) is 2. The monoisotopic (exact) mass is 443 g/mol. The molecule has 0 aliphatic carbocycles. The van der Waals surface area contributed by atoms with Crippen LogP contribution in [0.3, 0.4) is 0 Å². The van der Waals surface area contributed by atoms with Gasteiger partial charge in [-0.25, -0.2) is 4.79 Å². The van der Waals surface area contributed by atoms with Crippen LogP contribution in [0.15, 0.2) is 57.8 Å². The summed E-state index contributed by atoms with van der Waals surface area (Å²) in [5.74, 6) is 0.514. The largest absolute Gasteiger partial charge is 0.425 e. The Kier molecular flexibility index (Phi) is 6.08. The van der Waals surface area contributed by atoms with Gasteiger partial charge in [0.2, 0.25) is 0 Å². The van der Waals surface area contributed by atoms with Crippen LogP contribution in [-0.2, 0) is 19.6 Å². The van der Waals surface area contributed by atoms with Crippen LogP contribution < -0.4 is 9.64 Å². The molecule has 9 heteroatoms. The van der Waals surface area contributed by atoms with Crippen molar-refractivity contribution in [2.24, 2.45) is 4.40 Å². The summed E-state index contributed by atoms with van der Waals surface area (Å²) in [6.45, 7) is 4.63. The Morgan fingerprint density at radius 3 is 2.52 bits per heavy atom. The molecule has 0 saturated carbocycles. The van der Waals surface area contributed by atoms with E-state index in [1.807, 2.05) is 6.92 Å². The van der Waals surface area contributed by atoms with E-state index in [-0.39, 0.29) is 16.9 Å². The predicted molar refractivity (Wildman–Crippen MR) is 117 cm³/mol. The molecular weight excluding hydrogens is 418 g/mol. The number of morpholine rings is 1. The van der Waals surface area contributed by atoms with Crippen LogP contribution in [0, 0.1) is 0 Å². The highest BCUT2D eigenvalue weighted by molar-refractivity contribution is 7.90. The number of benzene rings is 2. The molecule has 1 fully saturated rings. The number of esters is 1. The second-order valence-electron chi connectivity index (χ2n) is 7.43. The number of rotatable bonds is 5. The molecule has 4 rings (SSSR count). The quantitative estimate of drug-likeness (QED) is 0.517. The Morgan fingerprint density at radius 1 is 1.16 bits per heavy atom. The first-order chi connectivity index (χ1) is 14.9. The zero-order valence-electron chi connectivity index (χ0n) is 17.5. The van der Waals surface area contributed by atoms with Crippen molar-refractivity contribution in [3.63, 3.8) is 0 Å². The van der Waals surface area contributed by atoms with Gasteiger partial charge in [-0.3, -0.25) is 4.90 Å². The fourth-order valence-electron chi connectivity index (χ4n) is 3.84. The Balaban J connectivity index is 1.48. The minimum absolute atomic E-state index is 0.205. The third-order valence-electron chi connectivity index (χ3n) is 5.52. The molecule has 0 radical (unpaired) electrons. The van der Waals surface area contributed by atoms with E-state index in [1.165, 1.54) is 0 Å². The van der Waals surface area contributed by atoms with Crippen molar-refractivity contribution in [2.75, 3.05) is 38.3 Å². The van der Waals surface area contributed by atoms with Gasteiger partial charge in [0.25, 0.3) is 10.0 Å². The number of nitrogens with zero attached hydrogens (tertiary/aromatic N) is 3. The van der Waals surface area contributed by atoms with Gasteiger partial charge >= 0.3 is 5.97 Å². The van der Waals surface area contributed by atoms with Gasteiger partial charge in [0.05, 0.1) is 13.2 Å². The summed E-state index contributed by atoms with van der Waals surface area (Å²) >= 11 is 0. The average Bonchev–Trinajstić information content (AvgIpc) is 3.06. The summed E-state index contributed by atoms with van der Waals surface area (Å²) in [6, 6.07) is 13.4. The molecule has 1 saturated heterocycles. The van der Waals surface area contributed by atoms with E-state index in [9.17, 15) is 13.2 Å². The molecule has 0 aromatic heterocycles. The lowest BCUT2D eigenvalue weighted by molar-refractivity contribution is -0.142. The smallest absolute Gasteiger partial charge is 0.328 e. The van der Waals surface area contributed by atoms with Crippen molar-refractivity contribution >= 4 is 27.5 Å². The lowest BCUT2D eigenvalue weighted by Gasteiger charge is -2.32. The average molecular weight is 444 g/mol. The molecule has 31 heavy (non-hydrogen) atoms. The van der Waals surface area contributed by atoms with Crippen molar-refractivity contribution < 1.29 is 22.7 Å². The molecule has 0 N–H and O–H groups in total. The number of fused-ring (bicyclic) bond motifs is 1. The third-order valence-corrected chi connectivity index (χ3v) is 6.84. The second-order valence-corrected chi connectivity index (χ2v) is 9.01. The fraction of sp³-hybridized carbons (Fsp3) is 0.364. The molecule has 2 aromatic carbocycles. The maximum Gasteiger partial charge on any atom is 0.328 e. The van der Waals surface area contributed by atoms with Gasteiger partial charge in [-0.15, -0.1) is 4.40 Å². The first-order valence-corrected chi connectivity index (χ1v) is 11.7. The van der Waals surface area contributed by atoms with Crippen LogP contribution in [0.25, 0.3) is 0 Å². The van der Waals surface area contributed by atoms with Crippen LogP contribution in [0.5, 0.6) is 5.75 Å². The number of carbonyl (C=O) groups excluding carboxylic acids is 1. The van der Waals surface area contributed by atoms with Gasteiger partial charge in [0.1, 0.15) is 16.7 Å². The van der Waals surface area contributed by atoms with Crippen LogP contribution in [-0.4, -0.2) is 64.5 Å². The van der Waals surface area contributed by atoms with E-state index in [1.54, 1.807) is 60.5 Å². The molecule has 1 atom stereocenters. The molecule has 2 heterocycles. The standard InChI is InChI=1S/C22H25N3O5S/c1-3-19(25-12-14-29-15-13-25)22(26)30-17-10-8-16(9-11-17)24(2)21-18-6-4-5-7-20(18)31(27,28)23-21/h4-11,19H,3,12-15H2,1-2H3/t19-/m0/s1. The molecule has 2 aliphatic heterocycles. The van der Waals surface area contributed by atoms with Gasteiger partial charge in [-0.05, 0) is 42.8 Å². The first-order valence-electron chi connectivity index (χ1n) is 10.2. The van der Waals surface area contributed by atoms with E-state index in [0.717, 1.165) is 5.69 Å². The van der Waals surface area contributed by atoms with Gasteiger partial charge in [0.15, 0.2) is 5.84 Å². The van der Waals surface area contributed by atoms with E-state index < -0.39 is 10.0 Å². The summed E-state index contributed by atoms with van der Waals surface area (Å²) < 4.78 is 39.5. The SMILES string of the molecule is CC[C@@H](C(=O)Oc1ccc(N(C)C2=NS(=O)(=O)c3ccccc32)cc1)N1CCOCC1. The van der Waals surface area contributed by atoms with E-state index in [0.29, 0.717) is 49.9 Å². The highest BCUT2D eigenvalue weighted by atomic mass is 32.2. The van der Waals surface area contributed by atoms with Crippen LogP contribution in [0.2, 0.25) is 0 Å². The maximum atomic E-state index is 12.7. The number of hydrogen-bond donors (Lipinski definition) is 0. The fourth-order valence-corrected chi connectivity index (χ4v) is 5.07. The predicted octanol–water partition coefficient (Wildman–Crippen LogP) is 2.29. The van der Waals surface area contributed by atoms with Crippen molar-refractivity contribution in [1.82, 2.24) is 4.90 Å². The van der Waals surface area contributed by atoms with Crippen molar-refractivity contribution in [2.45, 2.75) is 24.3 Å². The van der Waals surface area contributed by atoms with Crippen molar-refractivity contribution in [3.05, 3.63) is 54.1 Å². The Morgan fingerprint density at radius 2 is 1.84 bits per heavy atom. The third kappa shape index (κ3) is 4.34. The zero-order chi connectivity index (χ0) is 22.0. The molecular formula is C22H25N3O5S. The normalized spacial score (nSPS) is 18.7. The number of hydrogen-bond acceptors (Lipinski definition) is 7. The van der Waals surface area contributed by atoms with Crippen molar-refractivity contribution in [1.29, 1.82) is 0 Å². The van der Waals surface area contributed by atoms with E-state index >= 15 is 0 Å². The molecule has 0 spiro atoms. The highest BCUT2D eigenvalue weighted by Crippen LogP contribution is 2.29. The lowest BCUT2D eigenvalue weighted by atomic mass is 10.1. The van der Waals surface area contributed by atoms with Crippen LogP contribution in [0.1, 0.15) is 18.9 Å². The number of amidine groups is 1. The number of carbonyl (C=O) groups is 1. The molecule has 2 aromatic rings. The topological polar surface area (TPSA) is 88.5 Å². The maximum absolute atomic E-state index is 12.7. The number of anilines is 1. The molecule has 0 amide bonds. The van der Waals surface area contributed by atoms with E-state index in [2.05, 4.69) is 9.30 Å². The minimum atomic E-state index is -3.69. The van der Waals surface area contributed by atoms with Gasteiger partial charge < -0.3 is 14.4 Å². The molecule has 164 valence electrons. The summed E-state index contributed by atoms with van der Waals surface area (Å²) in [4.78, 5) is 16.7. The highest BCUT2D eigenvalue weighted by Gasteiger charge is 2.31.